The molecule has 3 heterocycles. The van der Waals surface area contributed by atoms with E-state index in [2.05, 4.69) is 19.9 Å². The molecule has 0 saturated heterocycles. The number of hydrogen-bond donors (Lipinski definition) is 1. The van der Waals surface area contributed by atoms with Crippen LogP contribution in [-0.4, -0.2) is 27.0 Å². The molecule has 3 aromatic heterocycles. The fraction of sp³-hybridized carbons (Fsp3) is 0.136. The van der Waals surface area contributed by atoms with E-state index in [-0.39, 0.29) is 0 Å². The van der Waals surface area contributed by atoms with Gasteiger partial charge in [-0.05, 0) is 42.8 Å². The largest absolute Gasteiger partial charge is 0.496 e. The molecule has 0 fully saturated rings. The Morgan fingerprint density at radius 2 is 1.87 bits per heavy atom. The summed E-state index contributed by atoms with van der Waals surface area (Å²) in [5.74, 6) is 1.84. The maximum absolute atomic E-state index is 6.42. The quantitative estimate of drug-likeness (QED) is 0.387. The number of ether oxygens (including phenoxy) is 2. The highest BCUT2D eigenvalue weighted by Crippen LogP contribution is 2.37. The lowest BCUT2D eigenvalue weighted by molar-refractivity contribution is 0.299. The van der Waals surface area contributed by atoms with Crippen molar-refractivity contribution in [1.82, 2.24) is 19.9 Å². The van der Waals surface area contributed by atoms with E-state index in [1.165, 1.54) is 0 Å². The number of methoxy groups -OCH3 is 1. The zero-order valence-electron chi connectivity index (χ0n) is 16.3. The molecule has 0 atom stereocenters. The summed E-state index contributed by atoms with van der Waals surface area (Å²) in [5, 5.41) is 0.811. The van der Waals surface area contributed by atoms with E-state index in [0.717, 1.165) is 22.4 Å². The maximum Gasteiger partial charge on any atom is 0.140 e. The fourth-order valence-electron chi connectivity index (χ4n) is 2.88. The van der Waals surface area contributed by atoms with Crippen molar-refractivity contribution < 1.29 is 9.47 Å². The molecule has 8 heteroatoms. The van der Waals surface area contributed by atoms with Crippen LogP contribution >= 0.6 is 23.2 Å². The van der Waals surface area contributed by atoms with E-state index in [0.29, 0.717) is 39.9 Å². The second kappa shape index (κ2) is 8.73. The van der Waals surface area contributed by atoms with Gasteiger partial charge in [-0.3, -0.25) is 4.98 Å². The monoisotopic (exact) mass is 440 g/mol. The predicted molar refractivity (Wildman–Crippen MR) is 117 cm³/mol. The molecule has 30 heavy (non-hydrogen) atoms. The van der Waals surface area contributed by atoms with Crippen LogP contribution in [0.3, 0.4) is 0 Å². The van der Waals surface area contributed by atoms with E-state index < -0.39 is 0 Å². The van der Waals surface area contributed by atoms with Crippen LogP contribution in [0.2, 0.25) is 10.3 Å². The summed E-state index contributed by atoms with van der Waals surface area (Å²) < 4.78 is 11.4. The molecule has 152 valence electrons. The third kappa shape index (κ3) is 4.40. The Morgan fingerprint density at radius 3 is 2.57 bits per heavy atom. The molecule has 0 aliphatic rings. The molecule has 4 rings (SSSR count). The Bertz CT molecular complexity index is 1160. The Labute approximate surface area is 183 Å². The van der Waals surface area contributed by atoms with Gasteiger partial charge in [0.05, 0.1) is 12.8 Å². The number of hydrogen-bond acceptors (Lipinski definition) is 5. The molecule has 6 nitrogen and oxygen atoms in total. The normalized spacial score (nSPS) is 10.8. The van der Waals surface area contributed by atoms with Crippen LogP contribution in [0, 0.1) is 6.92 Å². The summed E-state index contributed by atoms with van der Waals surface area (Å²) in [6, 6.07) is 13.0. The fourth-order valence-corrected chi connectivity index (χ4v) is 3.23. The SMILES string of the molecule is COc1cc(OCc2ccc(C)cn2)ccc1-c1nc(-c2ccc(Cl)nc2)[nH]c1Cl. The second-order valence-corrected chi connectivity index (χ2v) is 7.36. The number of rotatable bonds is 6. The Hall–Kier alpha value is -3.09. The molecular formula is C22H18Cl2N4O2. The molecule has 0 amide bonds. The summed E-state index contributed by atoms with van der Waals surface area (Å²) in [5.41, 5.74) is 4.05. The van der Waals surface area contributed by atoms with Gasteiger partial charge in [0.1, 0.15) is 39.9 Å². The first-order chi connectivity index (χ1) is 14.5. The molecule has 4 aromatic rings. The van der Waals surface area contributed by atoms with Crippen LogP contribution in [0.15, 0.2) is 54.9 Å². The van der Waals surface area contributed by atoms with Crippen molar-refractivity contribution >= 4 is 23.2 Å². The van der Waals surface area contributed by atoms with E-state index >= 15 is 0 Å². The van der Waals surface area contributed by atoms with Gasteiger partial charge in [0.15, 0.2) is 0 Å². The third-order valence-electron chi connectivity index (χ3n) is 4.45. The van der Waals surface area contributed by atoms with Crippen molar-refractivity contribution in [1.29, 1.82) is 0 Å². The third-order valence-corrected chi connectivity index (χ3v) is 4.95. The van der Waals surface area contributed by atoms with Gasteiger partial charge in [0, 0.05) is 29.6 Å². The number of aromatic amines is 1. The lowest BCUT2D eigenvalue weighted by Crippen LogP contribution is -1.99. The molecule has 0 unspecified atom stereocenters. The zero-order valence-corrected chi connectivity index (χ0v) is 17.8. The summed E-state index contributed by atoms with van der Waals surface area (Å²) >= 11 is 12.3. The lowest BCUT2D eigenvalue weighted by atomic mass is 10.1. The Morgan fingerprint density at radius 1 is 1.00 bits per heavy atom. The first-order valence-corrected chi connectivity index (χ1v) is 9.89. The minimum Gasteiger partial charge on any atom is -0.496 e. The first kappa shape index (κ1) is 20.2. The van der Waals surface area contributed by atoms with Crippen LogP contribution in [0.25, 0.3) is 22.6 Å². The number of halogens is 2. The number of pyridine rings is 2. The van der Waals surface area contributed by atoms with Gasteiger partial charge in [0.25, 0.3) is 0 Å². The Kier molecular flexibility index (Phi) is 5.88. The van der Waals surface area contributed by atoms with Crippen molar-refractivity contribution in [3.05, 3.63) is 76.4 Å². The number of nitrogens with one attached hydrogen (secondary N) is 1. The van der Waals surface area contributed by atoms with Gasteiger partial charge < -0.3 is 14.5 Å². The van der Waals surface area contributed by atoms with Gasteiger partial charge in [-0.15, -0.1) is 0 Å². The average Bonchev–Trinajstić information content (AvgIpc) is 3.15. The molecule has 0 radical (unpaired) electrons. The maximum atomic E-state index is 6.42. The zero-order chi connectivity index (χ0) is 21.1. The number of aromatic nitrogens is 4. The van der Waals surface area contributed by atoms with E-state index in [1.54, 1.807) is 25.4 Å². The smallest absolute Gasteiger partial charge is 0.140 e. The lowest BCUT2D eigenvalue weighted by Gasteiger charge is -2.11. The summed E-state index contributed by atoms with van der Waals surface area (Å²) in [6.45, 7) is 2.36. The van der Waals surface area contributed by atoms with Crippen LogP contribution < -0.4 is 9.47 Å². The highest BCUT2D eigenvalue weighted by atomic mass is 35.5. The molecule has 1 aromatic carbocycles. The van der Waals surface area contributed by atoms with Gasteiger partial charge in [0.2, 0.25) is 0 Å². The van der Waals surface area contributed by atoms with E-state index in [1.807, 2.05) is 43.5 Å². The summed E-state index contributed by atoms with van der Waals surface area (Å²) in [6.07, 6.45) is 3.45. The first-order valence-electron chi connectivity index (χ1n) is 9.13. The van der Waals surface area contributed by atoms with Crippen molar-refractivity contribution in [3.63, 3.8) is 0 Å². The average molecular weight is 441 g/mol. The van der Waals surface area contributed by atoms with Crippen molar-refractivity contribution in [2.24, 2.45) is 0 Å². The van der Waals surface area contributed by atoms with E-state index in [9.17, 15) is 0 Å². The number of aryl methyl sites for hydroxylation is 1. The van der Waals surface area contributed by atoms with Gasteiger partial charge in [-0.25, -0.2) is 9.97 Å². The number of imidazole rings is 1. The predicted octanol–water partition coefficient (Wildman–Crippen LogP) is 5.74. The second-order valence-electron chi connectivity index (χ2n) is 6.60. The van der Waals surface area contributed by atoms with E-state index in [4.69, 9.17) is 32.7 Å². The molecule has 0 aliphatic heterocycles. The van der Waals surface area contributed by atoms with Crippen LogP contribution in [0.4, 0.5) is 0 Å². The van der Waals surface area contributed by atoms with Crippen LogP contribution in [-0.2, 0) is 6.61 Å². The number of benzene rings is 1. The topological polar surface area (TPSA) is 72.9 Å². The molecular weight excluding hydrogens is 423 g/mol. The molecule has 1 N–H and O–H groups in total. The Balaban J connectivity index is 1.58. The number of H-pyrrole nitrogens is 1. The van der Waals surface area contributed by atoms with Gasteiger partial charge in [-0.1, -0.05) is 29.3 Å². The van der Waals surface area contributed by atoms with Crippen molar-refractivity contribution in [2.75, 3.05) is 7.11 Å². The minimum absolute atomic E-state index is 0.361. The number of nitrogens with zero attached hydrogens (tertiary/aromatic N) is 3. The minimum atomic E-state index is 0.361. The van der Waals surface area contributed by atoms with Gasteiger partial charge >= 0.3 is 0 Å². The summed E-state index contributed by atoms with van der Waals surface area (Å²) in [7, 11) is 1.59. The van der Waals surface area contributed by atoms with Crippen molar-refractivity contribution in [2.45, 2.75) is 13.5 Å². The highest BCUT2D eigenvalue weighted by Gasteiger charge is 2.17. The molecule has 0 bridgehead atoms. The standard InChI is InChI=1S/C22H18Cl2N4O2/c1-13-3-5-15(25-10-13)12-30-16-6-7-17(18(9-16)29-2)20-21(24)28-22(27-20)14-4-8-19(23)26-11-14/h3-11H,12H2,1-2H3,(H,27,28). The summed E-state index contributed by atoms with van der Waals surface area (Å²) in [4.78, 5) is 16.1. The molecule has 0 aliphatic carbocycles. The van der Waals surface area contributed by atoms with Crippen LogP contribution in [0.5, 0.6) is 11.5 Å². The van der Waals surface area contributed by atoms with Crippen molar-refractivity contribution in [3.8, 4) is 34.1 Å². The highest BCUT2D eigenvalue weighted by molar-refractivity contribution is 6.32. The van der Waals surface area contributed by atoms with Crippen LogP contribution in [0.1, 0.15) is 11.3 Å². The van der Waals surface area contributed by atoms with Gasteiger partial charge in [-0.2, -0.15) is 0 Å². The molecule has 0 saturated carbocycles. The molecule has 0 spiro atoms.